The zero-order valence-electron chi connectivity index (χ0n) is 24.5. The second-order valence-corrected chi connectivity index (χ2v) is 11.0. The molecule has 1 N–H and O–H groups in total. The minimum absolute atomic E-state index is 0.849. The molecular weight excluding hydrogens is 528 g/mol. The summed E-state index contributed by atoms with van der Waals surface area (Å²) in [4.78, 5) is 7.49. The summed E-state index contributed by atoms with van der Waals surface area (Å²) < 4.78 is 8.57. The van der Waals surface area contributed by atoms with Crippen molar-refractivity contribution < 1.29 is 4.74 Å². The lowest BCUT2D eigenvalue weighted by Gasteiger charge is -2.33. The monoisotopic (exact) mass is 564 g/mol. The van der Waals surface area contributed by atoms with Crippen molar-refractivity contribution in [1.29, 1.82) is 0 Å². The average Bonchev–Trinajstić information content (AvgIpc) is 3.45. The van der Waals surface area contributed by atoms with E-state index in [-0.39, 0.29) is 0 Å². The number of aromatic nitrogens is 2. The van der Waals surface area contributed by atoms with E-state index in [9.17, 15) is 0 Å². The van der Waals surface area contributed by atoms with Crippen LogP contribution in [0.4, 0.5) is 22.7 Å². The number of imidazole rings is 1. The molecule has 0 aliphatic carbocycles. The predicted octanol–water partition coefficient (Wildman–Crippen LogP) is 10.7. The number of benzene rings is 5. The van der Waals surface area contributed by atoms with Crippen LogP contribution in [0.2, 0.25) is 0 Å². The van der Waals surface area contributed by atoms with Crippen LogP contribution in [0.15, 0.2) is 121 Å². The van der Waals surface area contributed by atoms with Gasteiger partial charge in [-0.15, -0.1) is 0 Å². The quantitative estimate of drug-likeness (QED) is 0.168. The van der Waals surface area contributed by atoms with Gasteiger partial charge in [-0.3, -0.25) is 4.57 Å². The number of nitrogens with one attached hydrogen (secondary N) is 1. The van der Waals surface area contributed by atoms with Crippen LogP contribution in [-0.4, -0.2) is 16.1 Å². The first kappa shape index (κ1) is 26.8. The van der Waals surface area contributed by atoms with Gasteiger partial charge in [0, 0.05) is 29.2 Å². The maximum atomic E-state index is 6.29. The Balaban J connectivity index is 1.36. The second kappa shape index (κ2) is 12.1. The standard InChI is InChI=1S/C38H36N4O/c1-2-3-4-5-15-26-39-32-27-29(41-34-20-11-13-22-36(34)43-37-23-14-12-21-35(37)41)24-25-30(32)38-40-31-18-9-10-19-33(31)42(38)28-16-7-6-8-17-28/h6-14,16-25,27,39H,2-5,15,26H2,1H3. The van der Waals surface area contributed by atoms with Crippen molar-refractivity contribution >= 4 is 33.8 Å². The molecule has 0 unspecified atom stereocenters. The lowest BCUT2D eigenvalue weighted by Crippen LogP contribution is -2.16. The lowest BCUT2D eigenvalue weighted by molar-refractivity contribution is 0.477. The first-order valence-electron chi connectivity index (χ1n) is 15.4. The normalized spacial score (nSPS) is 12.1. The Hall–Kier alpha value is -5.03. The molecule has 7 rings (SSSR count). The molecule has 5 heteroatoms. The summed E-state index contributed by atoms with van der Waals surface area (Å²) in [6.45, 7) is 3.17. The van der Waals surface area contributed by atoms with E-state index in [4.69, 9.17) is 9.72 Å². The molecular formula is C38H36N4O. The van der Waals surface area contributed by atoms with Gasteiger partial charge < -0.3 is 15.0 Å². The summed E-state index contributed by atoms with van der Waals surface area (Å²) in [6.07, 6.45) is 6.16. The highest BCUT2D eigenvalue weighted by atomic mass is 16.5. The summed E-state index contributed by atoms with van der Waals surface area (Å²) in [7, 11) is 0. The van der Waals surface area contributed by atoms with Crippen molar-refractivity contribution in [2.24, 2.45) is 0 Å². The van der Waals surface area contributed by atoms with E-state index >= 15 is 0 Å². The number of para-hydroxylation sites is 7. The molecule has 214 valence electrons. The number of hydrogen-bond acceptors (Lipinski definition) is 4. The highest BCUT2D eigenvalue weighted by Crippen LogP contribution is 2.51. The maximum Gasteiger partial charge on any atom is 0.151 e. The summed E-state index contributed by atoms with van der Waals surface area (Å²) >= 11 is 0. The van der Waals surface area contributed by atoms with Crippen LogP contribution in [0.1, 0.15) is 39.0 Å². The Kier molecular flexibility index (Phi) is 7.53. The van der Waals surface area contributed by atoms with Gasteiger partial charge in [0.2, 0.25) is 0 Å². The third-order valence-corrected chi connectivity index (χ3v) is 8.11. The van der Waals surface area contributed by atoms with Crippen molar-refractivity contribution in [3.05, 3.63) is 121 Å². The van der Waals surface area contributed by atoms with Crippen LogP contribution >= 0.6 is 0 Å². The maximum absolute atomic E-state index is 6.29. The van der Waals surface area contributed by atoms with Crippen molar-refractivity contribution in [2.75, 3.05) is 16.8 Å². The average molecular weight is 565 g/mol. The second-order valence-electron chi connectivity index (χ2n) is 11.0. The van der Waals surface area contributed by atoms with Crippen molar-refractivity contribution in [2.45, 2.75) is 39.0 Å². The molecule has 0 saturated heterocycles. The van der Waals surface area contributed by atoms with Gasteiger partial charge in [0.05, 0.1) is 22.4 Å². The molecule has 0 fully saturated rings. The molecule has 6 aromatic rings. The van der Waals surface area contributed by atoms with Gasteiger partial charge in [-0.05, 0) is 73.2 Å². The first-order chi connectivity index (χ1) is 21.3. The van der Waals surface area contributed by atoms with Gasteiger partial charge in [-0.1, -0.05) is 87.2 Å². The van der Waals surface area contributed by atoms with E-state index in [0.717, 1.165) is 75.3 Å². The van der Waals surface area contributed by atoms with Gasteiger partial charge >= 0.3 is 0 Å². The molecule has 0 saturated carbocycles. The molecule has 1 aromatic heterocycles. The molecule has 43 heavy (non-hydrogen) atoms. The van der Waals surface area contributed by atoms with Gasteiger partial charge in [0.25, 0.3) is 0 Å². The Labute approximate surface area is 253 Å². The van der Waals surface area contributed by atoms with Crippen LogP contribution in [0, 0.1) is 0 Å². The van der Waals surface area contributed by atoms with E-state index in [1.807, 2.05) is 24.3 Å². The number of unbranched alkanes of at least 4 members (excludes halogenated alkanes) is 4. The summed E-state index contributed by atoms with van der Waals surface area (Å²) in [6, 6.07) is 42.1. The summed E-state index contributed by atoms with van der Waals surface area (Å²) in [5.74, 6) is 2.62. The number of ether oxygens (including phenoxy) is 1. The highest BCUT2D eigenvalue weighted by Gasteiger charge is 2.26. The van der Waals surface area contributed by atoms with E-state index < -0.39 is 0 Å². The molecule has 0 bridgehead atoms. The molecule has 1 aliphatic heterocycles. The van der Waals surface area contributed by atoms with E-state index in [0.29, 0.717) is 0 Å². The van der Waals surface area contributed by atoms with E-state index in [1.54, 1.807) is 0 Å². The first-order valence-corrected chi connectivity index (χ1v) is 15.4. The fourth-order valence-corrected chi connectivity index (χ4v) is 5.99. The number of hydrogen-bond donors (Lipinski definition) is 1. The van der Waals surface area contributed by atoms with E-state index in [1.165, 1.54) is 25.7 Å². The number of rotatable bonds is 10. The highest BCUT2D eigenvalue weighted by molar-refractivity contribution is 5.91. The minimum Gasteiger partial charge on any atom is -0.453 e. The summed E-state index contributed by atoms with van der Waals surface area (Å²) in [5, 5.41) is 3.83. The fraction of sp³-hybridized carbons (Fsp3) is 0.184. The smallest absolute Gasteiger partial charge is 0.151 e. The molecule has 0 radical (unpaired) electrons. The van der Waals surface area contributed by atoms with Gasteiger partial charge in [0.1, 0.15) is 5.82 Å². The van der Waals surface area contributed by atoms with Crippen LogP contribution in [-0.2, 0) is 0 Å². The van der Waals surface area contributed by atoms with Crippen LogP contribution in [0.5, 0.6) is 11.5 Å². The number of anilines is 4. The van der Waals surface area contributed by atoms with Gasteiger partial charge in [-0.25, -0.2) is 4.98 Å². The Bertz CT molecular complexity index is 1810. The largest absolute Gasteiger partial charge is 0.453 e. The van der Waals surface area contributed by atoms with Gasteiger partial charge in [-0.2, -0.15) is 0 Å². The topological polar surface area (TPSA) is 42.3 Å². The Morgan fingerprint density at radius 1 is 0.651 bits per heavy atom. The lowest BCUT2D eigenvalue weighted by atomic mass is 10.1. The SMILES string of the molecule is CCCCCCCNc1cc(N2c3ccccc3Oc3ccccc32)ccc1-c1nc2ccccc2n1-c1ccccc1. The number of fused-ring (bicyclic) bond motifs is 3. The molecule has 0 amide bonds. The minimum atomic E-state index is 0.849. The van der Waals surface area contributed by atoms with Gasteiger partial charge in [0.15, 0.2) is 11.5 Å². The number of nitrogens with zero attached hydrogens (tertiary/aromatic N) is 3. The zero-order chi connectivity index (χ0) is 29.0. The molecule has 5 aromatic carbocycles. The Morgan fingerprint density at radius 3 is 2.09 bits per heavy atom. The van der Waals surface area contributed by atoms with Crippen LogP contribution in [0.3, 0.4) is 0 Å². The van der Waals surface area contributed by atoms with E-state index in [2.05, 4.69) is 119 Å². The Morgan fingerprint density at radius 2 is 1.33 bits per heavy atom. The predicted molar refractivity (Wildman–Crippen MR) is 179 cm³/mol. The molecule has 0 spiro atoms. The van der Waals surface area contributed by atoms with Crippen molar-refractivity contribution in [3.63, 3.8) is 0 Å². The van der Waals surface area contributed by atoms with Crippen LogP contribution < -0.4 is 15.0 Å². The third-order valence-electron chi connectivity index (χ3n) is 8.11. The summed E-state index contributed by atoms with van der Waals surface area (Å²) in [5.41, 5.74) is 8.43. The van der Waals surface area contributed by atoms with Crippen molar-refractivity contribution in [1.82, 2.24) is 9.55 Å². The molecule has 5 nitrogen and oxygen atoms in total. The zero-order valence-corrected chi connectivity index (χ0v) is 24.5. The third kappa shape index (κ3) is 5.23. The molecule has 0 atom stereocenters. The molecule has 2 heterocycles. The van der Waals surface area contributed by atoms with Crippen molar-refractivity contribution in [3.8, 4) is 28.6 Å². The fourth-order valence-electron chi connectivity index (χ4n) is 5.99. The van der Waals surface area contributed by atoms with Crippen LogP contribution in [0.25, 0.3) is 28.1 Å². The molecule has 1 aliphatic rings.